The minimum atomic E-state index is -3.86. The smallest absolute Gasteiger partial charge is 0.243 e. The van der Waals surface area contributed by atoms with Gasteiger partial charge in [0.2, 0.25) is 21.8 Å². The summed E-state index contributed by atoms with van der Waals surface area (Å²) in [6, 6.07) is 12.4. The van der Waals surface area contributed by atoms with E-state index in [9.17, 15) is 18.0 Å². The molecule has 166 valence electrons. The van der Waals surface area contributed by atoms with Crippen LogP contribution in [0, 0.1) is 0 Å². The molecule has 2 aromatic carbocycles. The van der Waals surface area contributed by atoms with Gasteiger partial charge in [-0.2, -0.15) is 4.31 Å². The Morgan fingerprint density at radius 2 is 1.48 bits per heavy atom. The summed E-state index contributed by atoms with van der Waals surface area (Å²) < 4.78 is 28.0. The number of sulfonamides is 1. The van der Waals surface area contributed by atoms with E-state index >= 15 is 0 Å². The third kappa shape index (κ3) is 6.29. The zero-order valence-electron chi connectivity index (χ0n) is 17.3. The van der Waals surface area contributed by atoms with Gasteiger partial charge in [0.1, 0.15) is 0 Å². The van der Waals surface area contributed by atoms with Crippen LogP contribution in [0.2, 0.25) is 5.02 Å². The van der Waals surface area contributed by atoms with Gasteiger partial charge in [-0.1, -0.05) is 30.9 Å². The number of carbonyl (C=O) groups is 2. The number of hydrogen-bond acceptors (Lipinski definition) is 4. The molecule has 31 heavy (non-hydrogen) atoms. The summed E-state index contributed by atoms with van der Waals surface area (Å²) in [7, 11) is -3.86. The van der Waals surface area contributed by atoms with Gasteiger partial charge >= 0.3 is 0 Å². The summed E-state index contributed by atoms with van der Waals surface area (Å²) in [4.78, 5) is 24.0. The molecule has 9 heteroatoms. The summed E-state index contributed by atoms with van der Waals surface area (Å²) in [6.45, 7) is 1.14. The van der Waals surface area contributed by atoms with Gasteiger partial charge in [-0.15, -0.1) is 0 Å². The molecule has 0 aromatic heterocycles. The number of nitrogens with one attached hydrogen (secondary N) is 2. The predicted molar refractivity (Wildman–Crippen MR) is 122 cm³/mol. The first kappa shape index (κ1) is 23.2. The number of nitrogens with zero attached hydrogens (tertiary/aromatic N) is 1. The second kappa shape index (κ2) is 10.3. The summed E-state index contributed by atoms with van der Waals surface area (Å²) in [5, 5.41) is 5.85. The first-order valence-corrected chi connectivity index (χ1v) is 12.0. The van der Waals surface area contributed by atoms with Gasteiger partial charge in [0.15, 0.2) is 0 Å². The lowest BCUT2D eigenvalue weighted by Gasteiger charge is -2.33. The Labute approximate surface area is 187 Å². The molecule has 0 radical (unpaired) electrons. The highest BCUT2D eigenvalue weighted by molar-refractivity contribution is 7.89. The first-order chi connectivity index (χ1) is 14.8. The molecule has 0 bridgehead atoms. The molecular weight excluding hydrogens is 438 g/mol. The van der Waals surface area contributed by atoms with Crippen LogP contribution in [0.4, 0.5) is 11.4 Å². The van der Waals surface area contributed by atoms with E-state index in [1.807, 2.05) is 0 Å². The highest BCUT2D eigenvalue weighted by Crippen LogP contribution is 2.28. The van der Waals surface area contributed by atoms with Crippen LogP contribution in [0.1, 0.15) is 39.0 Å². The quantitative estimate of drug-likeness (QED) is 0.641. The lowest BCUT2D eigenvalue weighted by molar-refractivity contribution is -0.117. The van der Waals surface area contributed by atoms with Crippen molar-refractivity contribution in [1.29, 1.82) is 0 Å². The highest BCUT2D eigenvalue weighted by Gasteiger charge is 2.34. The zero-order valence-corrected chi connectivity index (χ0v) is 18.9. The Morgan fingerprint density at radius 1 is 0.935 bits per heavy atom. The number of benzene rings is 2. The molecule has 1 saturated carbocycles. The Bertz CT molecular complexity index is 1020. The second-order valence-corrected chi connectivity index (χ2v) is 9.93. The third-order valence-electron chi connectivity index (χ3n) is 5.19. The van der Waals surface area contributed by atoms with Crippen LogP contribution in [0.15, 0.2) is 53.4 Å². The molecule has 3 rings (SSSR count). The normalized spacial score (nSPS) is 14.9. The van der Waals surface area contributed by atoms with Crippen molar-refractivity contribution in [2.45, 2.75) is 50.0 Å². The lowest BCUT2D eigenvalue weighted by Crippen LogP contribution is -2.45. The number of rotatable bonds is 7. The van der Waals surface area contributed by atoms with Gasteiger partial charge in [-0.25, -0.2) is 8.42 Å². The third-order valence-corrected chi connectivity index (χ3v) is 7.36. The van der Waals surface area contributed by atoms with Crippen molar-refractivity contribution in [1.82, 2.24) is 4.31 Å². The van der Waals surface area contributed by atoms with E-state index in [1.54, 1.807) is 24.3 Å². The summed E-state index contributed by atoms with van der Waals surface area (Å²) in [5.41, 5.74) is 1.13. The fourth-order valence-corrected chi connectivity index (χ4v) is 5.47. The molecule has 2 N–H and O–H groups in total. The van der Waals surface area contributed by atoms with E-state index in [0.29, 0.717) is 16.4 Å². The van der Waals surface area contributed by atoms with Crippen molar-refractivity contribution in [3.05, 3.63) is 53.6 Å². The molecule has 0 aliphatic heterocycles. The Balaban J connectivity index is 1.77. The molecule has 0 heterocycles. The van der Waals surface area contributed by atoms with E-state index in [0.717, 1.165) is 32.1 Å². The van der Waals surface area contributed by atoms with Gasteiger partial charge in [0.05, 0.1) is 11.4 Å². The summed E-state index contributed by atoms with van der Waals surface area (Å²) in [5.74, 6) is -0.609. The molecule has 1 aliphatic rings. The second-order valence-electron chi connectivity index (χ2n) is 7.60. The lowest BCUT2D eigenvalue weighted by atomic mass is 9.95. The molecule has 1 fully saturated rings. The zero-order chi connectivity index (χ0) is 22.4. The average molecular weight is 464 g/mol. The van der Waals surface area contributed by atoms with Crippen LogP contribution in [0.25, 0.3) is 0 Å². The molecule has 1 aliphatic carbocycles. The van der Waals surface area contributed by atoms with E-state index in [-0.39, 0.29) is 23.4 Å². The maximum absolute atomic E-state index is 13.3. The van der Waals surface area contributed by atoms with E-state index in [2.05, 4.69) is 10.6 Å². The predicted octanol–water partition coefficient (Wildman–Crippen LogP) is 4.26. The molecule has 7 nitrogen and oxygen atoms in total. The topological polar surface area (TPSA) is 95.6 Å². The average Bonchev–Trinajstić information content (AvgIpc) is 2.74. The number of hydrogen-bond donors (Lipinski definition) is 2. The fourth-order valence-electron chi connectivity index (χ4n) is 3.70. The van der Waals surface area contributed by atoms with Gasteiger partial charge in [-0.3, -0.25) is 9.59 Å². The van der Waals surface area contributed by atoms with Gasteiger partial charge in [0.25, 0.3) is 0 Å². The maximum atomic E-state index is 13.3. The van der Waals surface area contributed by atoms with Crippen molar-refractivity contribution in [3.8, 4) is 0 Å². The molecule has 0 saturated heterocycles. The van der Waals surface area contributed by atoms with Crippen molar-refractivity contribution in [2.75, 3.05) is 17.2 Å². The molecular formula is C22H26ClN3O4S. The SMILES string of the molecule is CC(=O)Nc1ccc(NC(=O)CN(C2CCCCC2)S(=O)(=O)c2ccc(Cl)cc2)cc1. The first-order valence-electron chi connectivity index (χ1n) is 10.2. The van der Waals surface area contributed by atoms with Crippen LogP contribution >= 0.6 is 11.6 Å². The van der Waals surface area contributed by atoms with Crippen molar-refractivity contribution in [2.24, 2.45) is 0 Å². The molecule has 0 spiro atoms. The van der Waals surface area contributed by atoms with Crippen LogP contribution in [-0.4, -0.2) is 37.1 Å². The largest absolute Gasteiger partial charge is 0.326 e. The molecule has 2 amide bonds. The molecule has 0 unspecified atom stereocenters. The van der Waals surface area contributed by atoms with Gasteiger partial charge in [-0.05, 0) is 61.4 Å². The monoisotopic (exact) mass is 463 g/mol. The summed E-state index contributed by atoms with van der Waals surface area (Å²) >= 11 is 5.91. The minimum Gasteiger partial charge on any atom is -0.326 e. The Morgan fingerprint density at radius 3 is 2.03 bits per heavy atom. The van der Waals surface area contributed by atoms with Crippen LogP contribution in [0.5, 0.6) is 0 Å². The van der Waals surface area contributed by atoms with Crippen molar-refractivity contribution in [3.63, 3.8) is 0 Å². The number of amides is 2. The van der Waals surface area contributed by atoms with E-state index in [1.165, 1.54) is 35.5 Å². The van der Waals surface area contributed by atoms with Crippen molar-refractivity contribution < 1.29 is 18.0 Å². The number of carbonyl (C=O) groups excluding carboxylic acids is 2. The number of halogens is 1. The standard InChI is InChI=1S/C22H26ClN3O4S/c1-16(27)24-18-9-11-19(12-10-18)25-22(28)15-26(20-5-3-2-4-6-20)31(29,30)21-13-7-17(23)8-14-21/h7-14,20H,2-6,15H2,1H3,(H,24,27)(H,25,28). The molecule has 2 aromatic rings. The van der Waals surface area contributed by atoms with E-state index in [4.69, 9.17) is 11.6 Å². The van der Waals surface area contributed by atoms with Crippen LogP contribution in [0.3, 0.4) is 0 Å². The number of anilines is 2. The van der Waals surface area contributed by atoms with Crippen LogP contribution < -0.4 is 10.6 Å². The fraction of sp³-hybridized carbons (Fsp3) is 0.364. The van der Waals surface area contributed by atoms with E-state index < -0.39 is 15.9 Å². The molecule has 0 atom stereocenters. The van der Waals surface area contributed by atoms with Crippen molar-refractivity contribution >= 4 is 44.8 Å². The van der Waals surface area contributed by atoms with Gasteiger partial charge < -0.3 is 10.6 Å². The maximum Gasteiger partial charge on any atom is 0.243 e. The Kier molecular flexibility index (Phi) is 7.69. The Hall–Kier alpha value is -2.42. The van der Waals surface area contributed by atoms with Crippen LogP contribution in [-0.2, 0) is 19.6 Å². The summed E-state index contributed by atoms with van der Waals surface area (Å²) in [6.07, 6.45) is 4.39. The minimum absolute atomic E-state index is 0.120. The van der Waals surface area contributed by atoms with Gasteiger partial charge in [0, 0.05) is 29.4 Å². The highest BCUT2D eigenvalue weighted by atomic mass is 35.5.